The second-order valence-electron chi connectivity index (χ2n) is 6.97. The van der Waals surface area contributed by atoms with E-state index in [9.17, 15) is 4.79 Å². The lowest BCUT2D eigenvalue weighted by Gasteiger charge is -2.31. The van der Waals surface area contributed by atoms with Crippen LogP contribution in [0.1, 0.15) is 35.5 Å². The fourth-order valence-electron chi connectivity index (χ4n) is 3.53. The molecule has 1 fully saturated rings. The fraction of sp³-hybridized carbons (Fsp3) is 0.450. The van der Waals surface area contributed by atoms with Crippen molar-refractivity contribution in [2.24, 2.45) is 11.7 Å². The Hall–Kier alpha value is -2.27. The Labute approximate surface area is 149 Å². The minimum atomic E-state index is -0.175. The van der Waals surface area contributed by atoms with Gasteiger partial charge in [0.15, 0.2) is 0 Å². The molecule has 0 radical (unpaired) electrons. The molecule has 0 spiro atoms. The number of carbonyl (C=O) groups excluding carboxylic acids is 1. The predicted octanol–water partition coefficient (Wildman–Crippen LogP) is 3.21. The molecule has 2 heterocycles. The van der Waals surface area contributed by atoms with Gasteiger partial charge in [-0.15, -0.1) is 0 Å². The molecule has 1 amide bonds. The Bertz CT molecular complexity index is 738. The third-order valence-electron chi connectivity index (χ3n) is 4.87. The first-order valence-electron chi connectivity index (χ1n) is 8.91. The molecule has 134 valence electrons. The zero-order valence-corrected chi connectivity index (χ0v) is 15.0. The number of furan rings is 1. The molecule has 3 N–H and O–H groups in total. The quantitative estimate of drug-likeness (QED) is 0.846. The summed E-state index contributed by atoms with van der Waals surface area (Å²) in [6.45, 7) is 7.35. The van der Waals surface area contributed by atoms with E-state index in [1.807, 2.05) is 13.8 Å². The Kier molecular flexibility index (Phi) is 5.43. The second kappa shape index (κ2) is 7.74. The van der Waals surface area contributed by atoms with Crippen LogP contribution in [0.25, 0.3) is 0 Å². The van der Waals surface area contributed by atoms with Crippen LogP contribution in [0, 0.1) is 19.8 Å². The number of likely N-dealkylation sites (tertiary alicyclic amines) is 1. The molecule has 2 aromatic rings. The second-order valence-corrected chi connectivity index (χ2v) is 6.97. The Morgan fingerprint density at radius 3 is 2.92 bits per heavy atom. The van der Waals surface area contributed by atoms with Crippen LogP contribution in [0.5, 0.6) is 0 Å². The Morgan fingerprint density at radius 1 is 1.36 bits per heavy atom. The van der Waals surface area contributed by atoms with E-state index in [1.165, 1.54) is 11.1 Å². The number of amides is 1. The summed E-state index contributed by atoms with van der Waals surface area (Å²) in [6.07, 6.45) is 1.95. The minimum Gasteiger partial charge on any atom is -0.466 e. The number of carbonyl (C=O) groups is 1. The van der Waals surface area contributed by atoms with Gasteiger partial charge in [0.25, 0.3) is 0 Å². The SMILES string of the molecule is Cc1cc(CNc2cccc(CN3CCC[C@H](C(N)=O)C3)c2)c(C)o1. The molecular weight excluding hydrogens is 314 g/mol. The van der Waals surface area contributed by atoms with Gasteiger partial charge in [-0.1, -0.05) is 12.1 Å². The van der Waals surface area contributed by atoms with Gasteiger partial charge in [0.1, 0.15) is 11.5 Å². The number of rotatable bonds is 6. The number of benzene rings is 1. The van der Waals surface area contributed by atoms with Crippen LogP contribution in [0.4, 0.5) is 5.69 Å². The van der Waals surface area contributed by atoms with Gasteiger partial charge in [0.05, 0.1) is 5.92 Å². The maximum atomic E-state index is 11.4. The summed E-state index contributed by atoms with van der Waals surface area (Å²) < 4.78 is 5.57. The highest BCUT2D eigenvalue weighted by Gasteiger charge is 2.23. The lowest BCUT2D eigenvalue weighted by atomic mass is 9.97. The number of nitrogens with zero attached hydrogens (tertiary/aromatic N) is 1. The van der Waals surface area contributed by atoms with Crippen molar-refractivity contribution in [2.75, 3.05) is 18.4 Å². The van der Waals surface area contributed by atoms with Crippen molar-refractivity contribution in [1.29, 1.82) is 0 Å². The van der Waals surface area contributed by atoms with E-state index in [0.717, 1.165) is 56.2 Å². The van der Waals surface area contributed by atoms with E-state index in [2.05, 4.69) is 40.5 Å². The lowest BCUT2D eigenvalue weighted by molar-refractivity contribution is -0.123. The standard InChI is InChI=1S/C20H27N3O2/c1-14-9-18(15(2)25-14)11-22-19-7-3-5-16(10-19)12-23-8-4-6-17(13-23)20(21)24/h3,5,7,9-10,17,22H,4,6,8,11-13H2,1-2H3,(H2,21,24)/t17-/m0/s1. The molecule has 1 aromatic carbocycles. The molecule has 5 nitrogen and oxygen atoms in total. The van der Waals surface area contributed by atoms with Crippen molar-refractivity contribution < 1.29 is 9.21 Å². The van der Waals surface area contributed by atoms with Crippen molar-refractivity contribution in [2.45, 2.75) is 39.8 Å². The number of hydrogen-bond acceptors (Lipinski definition) is 4. The third kappa shape index (κ3) is 4.63. The molecule has 1 aliphatic heterocycles. The van der Waals surface area contributed by atoms with E-state index in [-0.39, 0.29) is 11.8 Å². The normalized spacial score (nSPS) is 18.2. The largest absolute Gasteiger partial charge is 0.466 e. The van der Waals surface area contributed by atoms with Crippen molar-refractivity contribution >= 4 is 11.6 Å². The number of hydrogen-bond donors (Lipinski definition) is 2. The zero-order valence-electron chi connectivity index (χ0n) is 15.0. The molecule has 5 heteroatoms. The summed E-state index contributed by atoms with van der Waals surface area (Å²) in [7, 11) is 0. The van der Waals surface area contributed by atoms with Crippen LogP contribution in [-0.2, 0) is 17.9 Å². The number of aryl methyl sites for hydroxylation is 2. The van der Waals surface area contributed by atoms with Crippen LogP contribution in [0.2, 0.25) is 0 Å². The van der Waals surface area contributed by atoms with E-state index in [1.54, 1.807) is 0 Å². The molecule has 3 rings (SSSR count). The van der Waals surface area contributed by atoms with E-state index in [0.29, 0.717) is 0 Å². The van der Waals surface area contributed by atoms with Crippen molar-refractivity contribution in [3.63, 3.8) is 0 Å². The van der Waals surface area contributed by atoms with Crippen LogP contribution < -0.4 is 11.1 Å². The van der Waals surface area contributed by atoms with Gasteiger partial charge in [-0.2, -0.15) is 0 Å². The topological polar surface area (TPSA) is 71.5 Å². The van der Waals surface area contributed by atoms with Crippen LogP contribution in [-0.4, -0.2) is 23.9 Å². The molecule has 1 aromatic heterocycles. The van der Waals surface area contributed by atoms with Gasteiger partial charge < -0.3 is 15.5 Å². The number of piperidine rings is 1. The van der Waals surface area contributed by atoms with Gasteiger partial charge in [-0.3, -0.25) is 9.69 Å². The summed E-state index contributed by atoms with van der Waals surface area (Å²) >= 11 is 0. The molecule has 0 bridgehead atoms. The first-order chi connectivity index (χ1) is 12.0. The predicted molar refractivity (Wildman–Crippen MR) is 99.1 cm³/mol. The summed E-state index contributed by atoms with van der Waals surface area (Å²) in [5, 5.41) is 3.47. The van der Waals surface area contributed by atoms with Gasteiger partial charge in [-0.25, -0.2) is 0 Å². The smallest absolute Gasteiger partial charge is 0.221 e. The first kappa shape index (κ1) is 17.5. The molecular formula is C20H27N3O2. The molecule has 1 atom stereocenters. The minimum absolute atomic E-state index is 0.0117. The highest BCUT2D eigenvalue weighted by Crippen LogP contribution is 2.21. The summed E-state index contributed by atoms with van der Waals surface area (Å²) in [5.41, 5.74) is 9.00. The number of nitrogens with two attached hydrogens (primary N) is 1. The third-order valence-corrected chi connectivity index (χ3v) is 4.87. The molecule has 0 aliphatic carbocycles. The van der Waals surface area contributed by atoms with Crippen molar-refractivity contribution in [3.05, 3.63) is 53.0 Å². The Balaban J connectivity index is 1.59. The average Bonchev–Trinajstić information content (AvgIpc) is 2.91. The number of primary amides is 1. The van der Waals surface area contributed by atoms with Crippen LogP contribution in [0.3, 0.4) is 0 Å². The Morgan fingerprint density at radius 2 is 2.20 bits per heavy atom. The van der Waals surface area contributed by atoms with Crippen LogP contribution >= 0.6 is 0 Å². The van der Waals surface area contributed by atoms with Gasteiger partial charge in [0.2, 0.25) is 5.91 Å². The van der Waals surface area contributed by atoms with Crippen LogP contribution in [0.15, 0.2) is 34.7 Å². The van der Waals surface area contributed by atoms with E-state index in [4.69, 9.17) is 10.2 Å². The molecule has 0 saturated carbocycles. The molecule has 25 heavy (non-hydrogen) atoms. The van der Waals surface area contributed by atoms with E-state index < -0.39 is 0 Å². The fourth-order valence-corrected chi connectivity index (χ4v) is 3.53. The molecule has 1 aliphatic rings. The van der Waals surface area contributed by atoms with Gasteiger partial charge in [0, 0.05) is 30.9 Å². The highest BCUT2D eigenvalue weighted by molar-refractivity contribution is 5.76. The van der Waals surface area contributed by atoms with Gasteiger partial charge in [-0.05, 0) is 57.0 Å². The summed E-state index contributed by atoms with van der Waals surface area (Å²) in [5.74, 6) is 1.72. The number of nitrogens with one attached hydrogen (secondary N) is 1. The first-order valence-corrected chi connectivity index (χ1v) is 8.91. The monoisotopic (exact) mass is 341 g/mol. The molecule has 1 saturated heterocycles. The van der Waals surface area contributed by atoms with Gasteiger partial charge >= 0.3 is 0 Å². The molecule has 0 unspecified atom stereocenters. The summed E-state index contributed by atoms with van der Waals surface area (Å²) in [4.78, 5) is 13.8. The van der Waals surface area contributed by atoms with Crippen molar-refractivity contribution in [3.8, 4) is 0 Å². The lowest BCUT2D eigenvalue weighted by Crippen LogP contribution is -2.40. The average molecular weight is 341 g/mol. The van der Waals surface area contributed by atoms with Crippen molar-refractivity contribution in [1.82, 2.24) is 4.90 Å². The highest BCUT2D eigenvalue weighted by atomic mass is 16.3. The number of anilines is 1. The zero-order chi connectivity index (χ0) is 17.8. The maximum absolute atomic E-state index is 11.4. The summed E-state index contributed by atoms with van der Waals surface area (Å²) in [6, 6.07) is 10.5. The maximum Gasteiger partial charge on any atom is 0.221 e. The van der Waals surface area contributed by atoms with E-state index >= 15 is 0 Å².